The van der Waals surface area contributed by atoms with E-state index < -0.39 is 0 Å². The number of hydrogen-bond donors (Lipinski definition) is 0. The van der Waals surface area contributed by atoms with Crippen LogP contribution in [0.1, 0.15) is 127 Å². The van der Waals surface area contributed by atoms with E-state index in [-0.39, 0.29) is 0 Å². The first-order valence-corrected chi connectivity index (χ1v) is 26.2. The van der Waals surface area contributed by atoms with Crippen LogP contribution in [-0.4, -0.2) is 12.8 Å². The molecule has 3 aromatic carbocycles. The molecule has 0 saturated carbocycles. The normalized spacial score (nSPS) is 14.9. The van der Waals surface area contributed by atoms with Crippen molar-refractivity contribution in [3.05, 3.63) is 259 Å². The molecule has 376 valence electrons. The minimum Gasteiger partial charge on any atom is -0.336 e. The van der Waals surface area contributed by atoms with E-state index in [0.29, 0.717) is 6.54 Å². The van der Waals surface area contributed by atoms with Gasteiger partial charge in [0.2, 0.25) is 0 Å². The molecule has 0 fully saturated rings. The van der Waals surface area contributed by atoms with Crippen LogP contribution in [-0.2, 0) is 0 Å². The van der Waals surface area contributed by atoms with Crippen LogP contribution in [0.4, 0.5) is 11.4 Å². The van der Waals surface area contributed by atoms with Gasteiger partial charge >= 0.3 is 0 Å². The summed E-state index contributed by atoms with van der Waals surface area (Å²) in [5.74, 6) is 0. The van der Waals surface area contributed by atoms with Gasteiger partial charge in [0.25, 0.3) is 0 Å². The lowest BCUT2D eigenvalue weighted by molar-refractivity contribution is 0.740. The molecule has 1 aliphatic carbocycles. The lowest BCUT2D eigenvalue weighted by atomic mass is 9.79. The Labute approximate surface area is 434 Å². The standard InChI is InChI=1S/C60H65N3.4C2H6/c1-9-14-28-48(8)57-46-63(60(53-31-20-17-15-16-18-21-32-53)59(51(26-10-2)27-11-3)58(57)52-29-22-19-23-30-52)56-41-36-50(37-42-56)49-34-39-55(40-35-49)62(45-25-24-44-61-43-12-4)54(13-5)38-33-47(6)7;4*1-2/h9-15,17,19,22-23,25-31,33-45H,1-2,6,8,16,18,20-21,24,32,46H2,3-5,7H3;4*1-2H3/b17-15-,27-11-,28-14-,38-33-,43-12-,45-25+,51-26+,53-31?,54-13+,61-44?;;;;. The molecule has 0 saturated heterocycles. The van der Waals surface area contributed by atoms with E-state index in [2.05, 4.69) is 201 Å². The van der Waals surface area contributed by atoms with Gasteiger partial charge in [0.1, 0.15) is 0 Å². The summed E-state index contributed by atoms with van der Waals surface area (Å²) in [6.45, 7) is 41.7. The van der Waals surface area contributed by atoms with Crippen LogP contribution in [0, 0.1) is 0 Å². The van der Waals surface area contributed by atoms with E-state index >= 15 is 0 Å². The first-order valence-electron chi connectivity index (χ1n) is 26.2. The lowest BCUT2D eigenvalue weighted by Gasteiger charge is -2.39. The van der Waals surface area contributed by atoms with Crippen LogP contribution in [0.5, 0.6) is 0 Å². The van der Waals surface area contributed by atoms with E-state index in [4.69, 9.17) is 0 Å². The second-order valence-electron chi connectivity index (χ2n) is 15.5. The fourth-order valence-electron chi connectivity index (χ4n) is 7.82. The van der Waals surface area contributed by atoms with Crippen LogP contribution in [0.15, 0.2) is 259 Å². The first kappa shape index (κ1) is 62.0. The number of allylic oxidation sites excluding steroid dienone is 20. The number of hydrogen-bond acceptors (Lipinski definition) is 3. The molecule has 0 radical (unpaired) electrons. The van der Waals surface area contributed by atoms with Gasteiger partial charge in [-0.15, -0.1) is 0 Å². The Bertz CT molecular complexity index is 2440. The summed E-state index contributed by atoms with van der Waals surface area (Å²) < 4.78 is 0. The molecule has 5 rings (SSSR count). The Morgan fingerprint density at radius 3 is 1.97 bits per heavy atom. The highest BCUT2D eigenvalue weighted by Crippen LogP contribution is 2.46. The number of benzene rings is 3. The molecule has 0 unspecified atom stereocenters. The highest BCUT2D eigenvalue weighted by Gasteiger charge is 2.32. The third-order valence-corrected chi connectivity index (χ3v) is 10.8. The molecule has 1 heterocycles. The van der Waals surface area contributed by atoms with Crippen LogP contribution in [0.25, 0.3) is 16.7 Å². The molecule has 3 aromatic rings. The Hall–Kier alpha value is -6.97. The van der Waals surface area contributed by atoms with Gasteiger partial charge in [0.15, 0.2) is 0 Å². The maximum Gasteiger partial charge on any atom is 0.0529 e. The van der Waals surface area contributed by atoms with Crippen LogP contribution >= 0.6 is 0 Å². The van der Waals surface area contributed by atoms with E-state index in [0.717, 1.165) is 89.0 Å². The highest BCUT2D eigenvalue weighted by atomic mass is 15.2. The van der Waals surface area contributed by atoms with Gasteiger partial charge in [0, 0.05) is 54.2 Å². The molecular weight excluding hydrogens is 859 g/mol. The van der Waals surface area contributed by atoms with Gasteiger partial charge in [-0.25, -0.2) is 0 Å². The summed E-state index contributed by atoms with van der Waals surface area (Å²) in [5, 5.41) is 0. The summed E-state index contributed by atoms with van der Waals surface area (Å²) in [6.07, 6.45) is 43.5. The predicted octanol–water partition coefficient (Wildman–Crippen LogP) is 20.8. The van der Waals surface area contributed by atoms with Gasteiger partial charge in [-0.05, 0) is 135 Å². The minimum atomic E-state index is 0.652. The molecule has 0 spiro atoms. The molecule has 0 aromatic heterocycles. The average molecular weight is 948 g/mol. The van der Waals surface area contributed by atoms with Gasteiger partial charge in [-0.3, -0.25) is 4.99 Å². The summed E-state index contributed by atoms with van der Waals surface area (Å²) in [6, 6.07) is 28.7. The van der Waals surface area contributed by atoms with Crippen LogP contribution < -0.4 is 9.80 Å². The van der Waals surface area contributed by atoms with Crippen molar-refractivity contribution in [2.75, 3.05) is 16.3 Å². The van der Waals surface area contributed by atoms with Crippen molar-refractivity contribution in [2.45, 2.75) is 122 Å². The molecular formula is C68H89N3. The zero-order valence-corrected chi connectivity index (χ0v) is 46.0. The summed E-state index contributed by atoms with van der Waals surface area (Å²) >= 11 is 0. The zero-order chi connectivity index (χ0) is 52.8. The largest absolute Gasteiger partial charge is 0.336 e. The number of aliphatic imine (C=N–C) groups is 1. The first-order chi connectivity index (χ1) is 34.8. The van der Waals surface area contributed by atoms with Gasteiger partial charge in [-0.1, -0.05) is 227 Å². The summed E-state index contributed by atoms with van der Waals surface area (Å²) in [5.41, 5.74) is 15.9. The maximum atomic E-state index is 4.67. The second-order valence-corrected chi connectivity index (χ2v) is 15.5. The minimum absolute atomic E-state index is 0.652. The smallest absolute Gasteiger partial charge is 0.0529 e. The number of rotatable bonds is 18. The summed E-state index contributed by atoms with van der Waals surface area (Å²) in [7, 11) is 0. The van der Waals surface area contributed by atoms with Gasteiger partial charge < -0.3 is 9.80 Å². The second kappa shape index (κ2) is 37.9. The number of anilines is 2. The molecule has 71 heavy (non-hydrogen) atoms. The Balaban J connectivity index is 0.00000299. The zero-order valence-electron chi connectivity index (χ0n) is 46.0. The molecule has 0 amide bonds. The van der Waals surface area contributed by atoms with Crippen molar-refractivity contribution < 1.29 is 0 Å². The molecule has 0 atom stereocenters. The van der Waals surface area contributed by atoms with E-state index in [1.807, 2.05) is 106 Å². The Morgan fingerprint density at radius 2 is 1.38 bits per heavy atom. The molecule has 3 nitrogen and oxygen atoms in total. The van der Waals surface area contributed by atoms with Gasteiger partial charge in [0.05, 0.1) is 5.70 Å². The fraction of sp³-hybridized carbons (Fsp3) is 0.279. The van der Waals surface area contributed by atoms with E-state index in [1.54, 1.807) is 6.20 Å². The third kappa shape index (κ3) is 19.7. The van der Waals surface area contributed by atoms with E-state index in [9.17, 15) is 0 Å². The van der Waals surface area contributed by atoms with Crippen molar-refractivity contribution in [2.24, 2.45) is 4.99 Å². The van der Waals surface area contributed by atoms with Gasteiger partial charge in [-0.2, -0.15) is 0 Å². The van der Waals surface area contributed by atoms with Crippen molar-refractivity contribution in [3.63, 3.8) is 0 Å². The lowest BCUT2D eigenvalue weighted by Crippen LogP contribution is -2.32. The Morgan fingerprint density at radius 1 is 0.718 bits per heavy atom. The summed E-state index contributed by atoms with van der Waals surface area (Å²) in [4.78, 5) is 9.05. The molecule has 0 N–H and O–H groups in total. The monoisotopic (exact) mass is 948 g/mol. The molecule has 0 bridgehead atoms. The third-order valence-electron chi connectivity index (χ3n) is 10.8. The van der Waals surface area contributed by atoms with Crippen molar-refractivity contribution >= 4 is 23.2 Å². The SMILES string of the molecule is C=C/C=C\C(=C)C1=C(c2ccccc2)C(C(/C=C\C)=C/C=C)=C(C2=CC/C=C\CCCC2)N(c2ccc(-c3ccc(N(/C=C/CC=N/C=C\C)C(/C=C\C(=C)C)=C/C)cc3)cc2)C1.CC.CC.CC.CC. The topological polar surface area (TPSA) is 18.8 Å². The van der Waals surface area contributed by atoms with Crippen LogP contribution in [0.3, 0.4) is 0 Å². The Kier molecular flexibility index (Phi) is 33.1. The molecule has 2 aliphatic rings. The van der Waals surface area contributed by atoms with Crippen molar-refractivity contribution in [1.82, 2.24) is 0 Å². The van der Waals surface area contributed by atoms with Crippen molar-refractivity contribution in [1.29, 1.82) is 0 Å². The van der Waals surface area contributed by atoms with Crippen molar-refractivity contribution in [3.8, 4) is 11.1 Å². The predicted molar refractivity (Wildman–Crippen MR) is 324 cm³/mol. The molecule has 1 aliphatic heterocycles. The fourth-order valence-corrected chi connectivity index (χ4v) is 7.82. The maximum absolute atomic E-state index is 4.67. The average Bonchev–Trinajstić information content (AvgIpc) is 3.57. The quantitative estimate of drug-likeness (QED) is 0.0719. The molecule has 3 heteroatoms. The highest BCUT2D eigenvalue weighted by molar-refractivity contribution is 5.95. The van der Waals surface area contributed by atoms with E-state index in [1.165, 1.54) is 28.0 Å². The number of nitrogens with zero attached hydrogens (tertiary/aromatic N) is 3. The van der Waals surface area contributed by atoms with Crippen LogP contribution in [0.2, 0.25) is 0 Å².